The van der Waals surface area contributed by atoms with E-state index < -0.39 is 0 Å². The highest BCUT2D eigenvalue weighted by atomic mass is 32.2. The number of amides is 1. The van der Waals surface area contributed by atoms with Gasteiger partial charge in [0, 0.05) is 18.7 Å². The van der Waals surface area contributed by atoms with Crippen LogP contribution in [0, 0.1) is 5.82 Å². The Hall–Kier alpha value is -1.56. The van der Waals surface area contributed by atoms with Crippen LogP contribution in [0.5, 0.6) is 0 Å². The maximum absolute atomic E-state index is 13.3. The highest BCUT2D eigenvalue weighted by Gasteiger charge is 2.30. The molecule has 4 nitrogen and oxygen atoms in total. The van der Waals surface area contributed by atoms with E-state index in [0.717, 1.165) is 11.3 Å². The molecule has 0 saturated carbocycles. The molecule has 0 spiro atoms. The largest absolute Gasteiger partial charge is 0.466 e. The number of nitrogens with zero attached hydrogens (tertiary/aromatic N) is 1. The molecule has 1 aromatic rings. The number of carbonyl (C=O) groups is 2. The summed E-state index contributed by atoms with van der Waals surface area (Å²) in [6.45, 7) is 2.67. The van der Waals surface area contributed by atoms with Gasteiger partial charge in [-0.2, -0.15) is 0 Å². The van der Waals surface area contributed by atoms with Crippen LogP contribution in [0.4, 0.5) is 4.39 Å². The lowest BCUT2D eigenvalue weighted by atomic mass is 10.2. The van der Waals surface area contributed by atoms with Crippen LogP contribution < -0.4 is 0 Å². The molecule has 0 bridgehead atoms. The van der Waals surface area contributed by atoms with Gasteiger partial charge in [0.1, 0.15) is 11.2 Å². The molecule has 0 radical (unpaired) electrons. The Morgan fingerprint density at radius 1 is 1.43 bits per heavy atom. The first-order valence-electron chi connectivity index (χ1n) is 6.94. The lowest BCUT2D eigenvalue weighted by Gasteiger charge is -2.24. The topological polar surface area (TPSA) is 46.6 Å². The predicted molar refractivity (Wildman–Crippen MR) is 79.2 cm³/mol. The minimum absolute atomic E-state index is 0.0870. The summed E-state index contributed by atoms with van der Waals surface area (Å²) in [4.78, 5) is 25.3. The summed E-state index contributed by atoms with van der Waals surface area (Å²) < 4.78 is 18.1. The van der Waals surface area contributed by atoms with Gasteiger partial charge in [-0.05, 0) is 24.6 Å². The number of benzene rings is 1. The summed E-state index contributed by atoms with van der Waals surface area (Å²) in [5, 5.41) is -0.171. The third-order valence-corrected chi connectivity index (χ3v) is 4.45. The first-order valence-corrected chi connectivity index (χ1v) is 7.99. The zero-order valence-corrected chi connectivity index (χ0v) is 12.7. The van der Waals surface area contributed by atoms with E-state index in [0.29, 0.717) is 13.2 Å². The van der Waals surface area contributed by atoms with Crippen molar-refractivity contribution < 1.29 is 18.7 Å². The Bertz CT molecular complexity index is 523. The van der Waals surface area contributed by atoms with Crippen LogP contribution >= 0.6 is 11.8 Å². The first kappa shape index (κ1) is 15.8. The molecule has 1 aromatic carbocycles. The van der Waals surface area contributed by atoms with E-state index in [4.69, 9.17) is 4.74 Å². The lowest BCUT2D eigenvalue weighted by molar-refractivity contribution is -0.145. The Balaban J connectivity index is 1.98. The molecule has 1 heterocycles. The van der Waals surface area contributed by atoms with E-state index in [2.05, 4.69) is 0 Å². The monoisotopic (exact) mass is 311 g/mol. The van der Waals surface area contributed by atoms with E-state index in [9.17, 15) is 14.0 Å². The molecule has 114 valence electrons. The molecule has 0 N–H and O–H groups in total. The second-order valence-electron chi connectivity index (χ2n) is 4.67. The van der Waals surface area contributed by atoms with Gasteiger partial charge in [-0.1, -0.05) is 12.1 Å². The third kappa shape index (κ3) is 4.20. The van der Waals surface area contributed by atoms with Crippen molar-refractivity contribution >= 4 is 23.6 Å². The van der Waals surface area contributed by atoms with Gasteiger partial charge in [0.25, 0.3) is 0 Å². The Labute approximate surface area is 127 Å². The molecule has 0 unspecified atom stereocenters. The van der Waals surface area contributed by atoms with Crippen molar-refractivity contribution in [2.24, 2.45) is 0 Å². The third-order valence-electron chi connectivity index (χ3n) is 3.19. The van der Waals surface area contributed by atoms with Crippen molar-refractivity contribution in [3.63, 3.8) is 0 Å². The maximum atomic E-state index is 13.3. The van der Waals surface area contributed by atoms with Gasteiger partial charge in [0.05, 0.1) is 13.0 Å². The number of esters is 1. The van der Waals surface area contributed by atoms with E-state index in [1.807, 2.05) is 6.07 Å². The van der Waals surface area contributed by atoms with Crippen LogP contribution in [0.25, 0.3) is 0 Å². The predicted octanol–water partition coefficient (Wildman–Crippen LogP) is 2.74. The minimum Gasteiger partial charge on any atom is -0.466 e. The average molecular weight is 311 g/mol. The Morgan fingerprint density at radius 2 is 2.24 bits per heavy atom. The van der Waals surface area contributed by atoms with Gasteiger partial charge in [-0.25, -0.2) is 4.39 Å². The molecule has 0 aromatic heterocycles. The van der Waals surface area contributed by atoms with Gasteiger partial charge in [-0.15, -0.1) is 11.8 Å². The van der Waals surface area contributed by atoms with Crippen molar-refractivity contribution in [3.05, 3.63) is 35.6 Å². The number of hydrogen-bond acceptors (Lipinski definition) is 4. The highest BCUT2D eigenvalue weighted by Crippen LogP contribution is 2.38. The van der Waals surface area contributed by atoms with E-state index in [1.54, 1.807) is 29.7 Å². The molecule has 1 fully saturated rings. The van der Waals surface area contributed by atoms with Gasteiger partial charge < -0.3 is 9.64 Å². The molecular formula is C15H18FNO3S. The van der Waals surface area contributed by atoms with E-state index >= 15 is 0 Å². The number of thioether (sulfide) groups is 1. The van der Waals surface area contributed by atoms with Gasteiger partial charge in [-0.3, -0.25) is 9.59 Å². The molecule has 1 atom stereocenters. The van der Waals surface area contributed by atoms with Crippen LogP contribution in [0.15, 0.2) is 24.3 Å². The smallest absolute Gasteiger partial charge is 0.306 e. The summed E-state index contributed by atoms with van der Waals surface area (Å²) in [6, 6.07) is 6.30. The standard InChI is InChI=1S/C15H18FNO3S/c1-2-20-14(19)7-6-13(18)17-8-9-21-15(17)11-4-3-5-12(16)10-11/h3-5,10,15H,2,6-9H2,1H3/t15-/m0/s1. The first-order chi connectivity index (χ1) is 10.1. The molecule has 1 amide bonds. The lowest BCUT2D eigenvalue weighted by Crippen LogP contribution is -2.30. The quantitative estimate of drug-likeness (QED) is 0.785. The van der Waals surface area contributed by atoms with Crippen LogP contribution in [-0.2, 0) is 14.3 Å². The molecule has 1 saturated heterocycles. The van der Waals surface area contributed by atoms with Crippen LogP contribution in [-0.4, -0.2) is 35.7 Å². The zero-order chi connectivity index (χ0) is 15.2. The maximum Gasteiger partial charge on any atom is 0.306 e. The van der Waals surface area contributed by atoms with Gasteiger partial charge in [0.2, 0.25) is 5.91 Å². The van der Waals surface area contributed by atoms with Crippen molar-refractivity contribution in [1.82, 2.24) is 4.90 Å². The van der Waals surface area contributed by atoms with Crippen LogP contribution in [0.1, 0.15) is 30.7 Å². The molecule has 1 aliphatic rings. The summed E-state index contributed by atoms with van der Waals surface area (Å²) in [5.74, 6) is 0.0491. The molecule has 0 aliphatic carbocycles. The highest BCUT2D eigenvalue weighted by molar-refractivity contribution is 7.99. The number of hydrogen-bond donors (Lipinski definition) is 0. The number of rotatable bonds is 5. The van der Waals surface area contributed by atoms with E-state index in [-0.39, 0.29) is 35.9 Å². The zero-order valence-electron chi connectivity index (χ0n) is 11.9. The summed E-state index contributed by atoms with van der Waals surface area (Å²) in [7, 11) is 0. The van der Waals surface area contributed by atoms with Crippen molar-refractivity contribution in [2.45, 2.75) is 25.1 Å². The van der Waals surface area contributed by atoms with Crippen LogP contribution in [0.3, 0.4) is 0 Å². The second kappa shape index (κ2) is 7.45. The number of halogens is 1. The Kier molecular flexibility index (Phi) is 5.61. The molecule has 1 aliphatic heterocycles. The van der Waals surface area contributed by atoms with Crippen molar-refractivity contribution in [3.8, 4) is 0 Å². The summed E-state index contributed by atoms with van der Waals surface area (Å²) in [6.07, 6.45) is 0.217. The van der Waals surface area contributed by atoms with Gasteiger partial charge in [0.15, 0.2) is 0 Å². The molecular weight excluding hydrogens is 293 g/mol. The Morgan fingerprint density at radius 3 is 2.95 bits per heavy atom. The van der Waals surface area contributed by atoms with Crippen molar-refractivity contribution in [1.29, 1.82) is 0 Å². The van der Waals surface area contributed by atoms with Crippen LogP contribution in [0.2, 0.25) is 0 Å². The fourth-order valence-corrected chi connectivity index (χ4v) is 3.51. The molecule has 2 rings (SSSR count). The average Bonchev–Trinajstić information content (AvgIpc) is 2.94. The summed E-state index contributed by atoms with van der Waals surface area (Å²) >= 11 is 1.61. The molecule has 21 heavy (non-hydrogen) atoms. The van der Waals surface area contributed by atoms with Crippen molar-refractivity contribution in [2.75, 3.05) is 18.9 Å². The normalized spacial score (nSPS) is 17.8. The second-order valence-corrected chi connectivity index (χ2v) is 5.86. The molecule has 6 heteroatoms. The number of ether oxygens (including phenoxy) is 1. The van der Waals surface area contributed by atoms with E-state index in [1.165, 1.54) is 12.1 Å². The van der Waals surface area contributed by atoms with Gasteiger partial charge >= 0.3 is 5.97 Å². The summed E-state index contributed by atoms with van der Waals surface area (Å²) in [5.41, 5.74) is 0.780. The fourth-order valence-electron chi connectivity index (χ4n) is 2.25. The SMILES string of the molecule is CCOC(=O)CCC(=O)N1CCS[C@H]1c1cccc(F)c1. The number of carbonyl (C=O) groups excluding carboxylic acids is 2. The fraction of sp³-hybridized carbons (Fsp3) is 0.467. The minimum atomic E-state index is -0.361.